The highest BCUT2D eigenvalue weighted by atomic mass is 32.2. The number of carbonyl (C=O) groups is 1. The summed E-state index contributed by atoms with van der Waals surface area (Å²) in [4.78, 5) is 21.2. The second-order valence-electron chi connectivity index (χ2n) is 8.71. The Labute approximate surface area is 206 Å². The van der Waals surface area contributed by atoms with E-state index in [1.807, 2.05) is 0 Å². The first-order valence-electron chi connectivity index (χ1n) is 11.1. The molecule has 4 aromatic rings. The van der Waals surface area contributed by atoms with Gasteiger partial charge in [-0.2, -0.15) is 5.10 Å². The van der Waals surface area contributed by atoms with Crippen molar-refractivity contribution < 1.29 is 17.7 Å². The van der Waals surface area contributed by atoms with Crippen LogP contribution in [-0.4, -0.2) is 39.4 Å². The smallest absolute Gasteiger partial charge is 0.323 e. The highest BCUT2D eigenvalue weighted by molar-refractivity contribution is 7.92. The lowest BCUT2D eigenvalue weighted by molar-refractivity contribution is 0.262. The van der Waals surface area contributed by atoms with Gasteiger partial charge in [0.1, 0.15) is 15.5 Å². The number of carbonyl (C=O) groups excluding carboxylic acids is 1. The third kappa shape index (κ3) is 4.06. The molecule has 2 amide bonds. The number of nitrogens with zero attached hydrogens (tertiary/aromatic N) is 5. The SMILES string of the molecule is Cc1noc(C)c1S(=O)(=O)C1(c2cc(N)nc(-c3ccc(NC(=O)Nc4cnn(C)c4)cc3)n2)CC1. The van der Waals surface area contributed by atoms with Crippen LogP contribution in [0.15, 0.2) is 52.1 Å². The van der Waals surface area contributed by atoms with E-state index in [0.29, 0.717) is 41.2 Å². The molecule has 0 saturated heterocycles. The maximum absolute atomic E-state index is 13.6. The van der Waals surface area contributed by atoms with Gasteiger partial charge in [-0.05, 0) is 51.0 Å². The lowest BCUT2D eigenvalue weighted by atomic mass is 10.1. The summed E-state index contributed by atoms with van der Waals surface area (Å²) in [5.74, 6) is 0.696. The number of anilines is 3. The minimum Gasteiger partial charge on any atom is -0.384 e. The molecule has 0 bridgehead atoms. The van der Waals surface area contributed by atoms with E-state index in [1.165, 1.54) is 12.3 Å². The van der Waals surface area contributed by atoms with Crippen LogP contribution in [0.5, 0.6) is 0 Å². The van der Waals surface area contributed by atoms with Gasteiger partial charge in [-0.15, -0.1) is 0 Å². The van der Waals surface area contributed by atoms with Gasteiger partial charge >= 0.3 is 6.03 Å². The molecule has 0 unspecified atom stereocenters. The third-order valence-electron chi connectivity index (χ3n) is 6.03. The summed E-state index contributed by atoms with van der Waals surface area (Å²) in [7, 11) is -2.07. The van der Waals surface area contributed by atoms with Crippen molar-refractivity contribution in [3.63, 3.8) is 0 Å². The van der Waals surface area contributed by atoms with E-state index in [4.69, 9.17) is 10.3 Å². The molecule has 186 valence electrons. The van der Waals surface area contributed by atoms with Crippen LogP contribution in [0.4, 0.5) is 22.0 Å². The van der Waals surface area contributed by atoms with Gasteiger partial charge in [0.05, 0.1) is 23.3 Å². The minimum absolute atomic E-state index is 0.0960. The molecule has 0 spiro atoms. The predicted molar refractivity (Wildman–Crippen MR) is 132 cm³/mol. The number of nitrogen functional groups attached to an aromatic ring is 1. The number of rotatable bonds is 6. The van der Waals surface area contributed by atoms with Crippen LogP contribution in [0.3, 0.4) is 0 Å². The van der Waals surface area contributed by atoms with Gasteiger partial charge in [-0.25, -0.2) is 23.2 Å². The average Bonchev–Trinajstić information content (AvgIpc) is 3.45. The predicted octanol–water partition coefficient (Wildman–Crippen LogP) is 3.17. The Bertz CT molecular complexity index is 1550. The fourth-order valence-electron chi connectivity index (χ4n) is 4.14. The number of nitrogens with two attached hydrogens (primary N) is 1. The molecule has 12 nitrogen and oxygen atoms in total. The van der Waals surface area contributed by atoms with Crippen LogP contribution in [-0.2, 0) is 21.6 Å². The zero-order chi connectivity index (χ0) is 25.7. The van der Waals surface area contributed by atoms with E-state index in [-0.39, 0.29) is 22.3 Å². The minimum atomic E-state index is -3.82. The number of nitrogens with one attached hydrogen (secondary N) is 2. The van der Waals surface area contributed by atoms with Crippen LogP contribution in [0, 0.1) is 13.8 Å². The van der Waals surface area contributed by atoms with Crippen molar-refractivity contribution in [1.82, 2.24) is 24.9 Å². The van der Waals surface area contributed by atoms with Gasteiger partial charge in [0.15, 0.2) is 21.4 Å². The lowest BCUT2D eigenvalue weighted by Crippen LogP contribution is -2.24. The molecule has 0 atom stereocenters. The molecule has 1 aliphatic rings. The molecular weight excluding hydrogens is 484 g/mol. The molecular formula is C23H24N8O4S. The molecule has 1 aromatic carbocycles. The van der Waals surface area contributed by atoms with E-state index in [9.17, 15) is 13.2 Å². The Morgan fingerprint density at radius 3 is 2.39 bits per heavy atom. The van der Waals surface area contributed by atoms with Crippen molar-refractivity contribution in [1.29, 1.82) is 0 Å². The van der Waals surface area contributed by atoms with Crippen molar-refractivity contribution in [3.05, 3.63) is 59.9 Å². The van der Waals surface area contributed by atoms with Crippen molar-refractivity contribution in [2.45, 2.75) is 36.3 Å². The van der Waals surface area contributed by atoms with Gasteiger partial charge in [0.2, 0.25) is 0 Å². The number of urea groups is 1. The largest absolute Gasteiger partial charge is 0.384 e. The second-order valence-corrected chi connectivity index (χ2v) is 10.9. The quantitative estimate of drug-likeness (QED) is 0.354. The summed E-state index contributed by atoms with van der Waals surface area (Å²) >= 11 is 0. The summed E-state index contributed by atoms with van der Waals surface area (Å²) in [6.45, 7) is 3.18. The van der Waals surface area contributed by atoms with E-state index in [1.54, 1.807) is 56.0 Å². The first kappa shape index (κ1) is 23.5. The van der Waals surface area contributed by atoms with E-state index < -0.39 is 20.6 Å². The molecule has 1 saturated carbocycles. The molecule has 36 heavy (non-hydrogen) atoms. The van der Waals surface area contributed by atoms with Gasteiger partial charge in [-0.1, -0.05) is 5.16 Å². The number of amides is 2. The Hall–Kier alpha value is -4.26. The second kappa shape index (κ2) is 8.45. The summed E-state index contributed by atoms with van der Waals surface area (Å²) in [6.07, 6.45) is 4.03. The maximum atomic E-state index is 13.6. The van der Waals surface area contributed by atoms with E-state index in [2.05, 4.69) is 30.9 Å². The zero-order valence-corrected chi connectivity index (χ0v) is 20.6. The molecule has 1 fully saturated rings. The lowest BCUT2D eigenvalue weighted by Gasteiger charge is -2.17. The molecule has 13 heteroatoms. The molecule has 0 aliphatic heterocycles. The number of sulfone groups is 1. The summed E-state index contributed by atoms with van der Waals surface area (Å²) in [5, 5.41) is 13.2. The Morgan fingerprint density at radius 2 is 1.81 bits per heavy atom. The Morgan fingerprint density at radius 1 is 1.11 bits per heavy atom. The van der Waals surface area contributed by atoms with Crippen molar-refractivity contribution in [2.24, 2.45) is 7.05 Å². The highest BCUT2D eigenvalue weighted by Gasteiger charge is 2.59. The van der Waals surface area contributed by atoms with E-state index >= 15 is 0 Å². The first-order chi connectivity index (χ1) is 17.1. The molecule has 3 heterocycles. The van der Waals surface area contributed by atoms with Gasteiger partial charge in [0.25, 0.3) is 0 Å². The molecule has 4 N–H and O–H groups in total. The Kier molecular flexibility index (Phi) is 5.51. The van der Waals surface area contributed by atoms with Gasteiger partial charge < -0.3 is 20.9 Å². The van der Waals surface area contributed by atoms with E-state index in [0.717, 1.165) is 0 Å². The molecule has 1 aliphatic carbocycles. The molecule has 5 rings (SSSR count). The summed E-state index contributed by atoms with van der Waals surface area (Å²) < 4.78 is 32.7. The van der Waals surface area contributed by atoms with Crippen molar-refractivity contribution in [3.8, 4) is 11.4 Å². The van der Waals surface area contributed by atoms with Crippen LogP contribution in [0.2, 0.25) is 0 Å². The number of aryl methyl sites for hydroxylation is 3. The number of aromatic nitrogens is 5. The number of benzene rings is 1. The van der Waals surface area contributed by atoms with Crippen LogP contribution >= 0.6 is 0 Å². The average molecular weight is 509 g/mol. The Balaban J connectivity index is 1.40. The molecule has 0 radical (unpaired) electrons. The fourth-order valence-corrected chi connectivity index (χ4v) is 6.39. The first-order valence-corrected chi connectivity index (χ1v) is 12.6. The fraction of sp³-hybridized carbons (Fsp3) is 0.261. The monoisotopic (exact) mass is 508 g/mol. The topological polar surface area (TPSA) is 171 Å². The van der Waals surface area contributed by atoms with Crippen molar-refractivity contribution >= 4 is 33.1 Å². The third-order valence-corrected chi connectivity index (χ3v) is 8.80. The maximum Gasteiger partial charge on any atom is 0.323 e. The summed E-state index contributed by atoms with van der Waals surface area (Å²) in [5.41, 5.74) is 8.44. The van der Waals surface area contributed by atoms with Gasteiger partial charge in [-0.3, -0.25) is 4.68 Å². The number of hydrogen-bond acceptors (Lipinski definition) is 9. The van der Waals surface area contributed by atoms with Crippen LogP contribution in [0.25, 0.3) is 11.4 Å². The van der Waals surface area contributed by atoms with Crippen LogP contribution in [0.1, 0.15) is 30.0 Å². The van der Waals surface area contributed by atoms with Gasteiger partial charge in [0, 0.05) is 30.6 Å². The van der Waals surface area contributed by atoms with Crippen LogP contribution < -0.4 is 16.4 Å². The number of hydrogen-bond donors (Lipinski definition) is 3. The highest BCUT2D eigenvalue weighted by Crippen LogP contribution is 2.55. The standard InChI is InChI=1S/C23H24N8O4S/c1-13-20(14(2)35-30-13)36(33,34)23(8-9-23)18-10-19(24)29-21(28-18)15-4-6-16(7-5-15)26-22(32)27-17-11-25-31(3)12-17/h4-7,10-12H,8-9H2,1-3H3,(H2,24,28,29)(H2,26,27,32). The van der Waals surface area contributed by atoms with Crippen molar-refractivity contribution in [2.75, 3.05) is 16.4 Å². The molecule has 3 aromatic heterocycles. The normalized spacial score (nSPS) is 14.4. The summed E-state index contributed by atoms with van der Waals surface area (Å²) in [6, 6.07) is 7.92. The zero-order valence-electron chi connectivity index (χ0n) is 19.8.